The lowest BCUT2D eigenvalue weighted by molar-refractivity contribution is -0.116. The highest BCUT2D eigenvalue weighted by molar-refractivity contribution is 7.89. The van der Waals surface area contributed by atoms with Crippen LogP contribution in [0.25, 0.3) is 11.3 Å². The summed E-state index contributed by atoms with van der Waals surface area (Å²) in [5.74, 6) is -0.0197. The Morgan fingerprint density at radius 1 is 1.13 bits per heavy atom. The van der Waals surface area contributed by atoms with E-state index in [9.17, 15) is 17.6 Å². The number of benzene rings is 2. The van der Waals surface area contributed by atoms with Crippen LogP contribution in [0.2, 0.25) is 0 Å². The van der Waals surface area contributed by atoms with E-state index in [0.717, 1.165) is 5.56 Å². The van der Waals surface area contributed by atoms with Gasteiger partial charge in [0.25, 0.3) is 0 Å². The zero-order chi connectivity index (χ0) is 22.4. The lowest BCUT2D eigenvalue weighted by Gasteiger charge is -2.09. The van der Waals surface area contributed by atoms with E-state index in [-0.39, 0.29) is 29.0 Å². The number of nitrogens with one attached hydrogen (secondary N) is 3. The summed E-state index contributed by atoms with van der Waals surface area (Å²) in [6.07, 6.45) is 0.659. The van der Waals surface area contributed by atoms with Crippen LogP contribution in [0, 0.1) is 11.7 Å². The topological polar surface area (TPSA) is 104 Å². The number of anilines is 1. The second-order valence-corrected chi connectivity index (χ2v) is 9.38. The molecule has 0 unspecified atom stereocenters. The quantitative estimate of drug-likeness (QED) is 0.468. The van der Waals surface area contributed by atoms with Crippen molar-refractivity contribution < 1.29 is 17.6 Å². The number of carbonyl (C=O) groups excluding carboxylic acids is 1. The molecular formula is C22H25FN4O3S. The standard InChI is InChI=1S/C22H25FN4O3S/c1-15(2)14-24-31(29,30)19-9-6-16(7-10-19)8-11-22(28)25-21-13-20(26-27-21)17-4-3-5-18(23)12-17/h3-7,9-10,12-13,15,24H,8,11,14H2,1-2H3,(H2,25,26,27,28). The van der Waals surface area contributed by atoms with Crippen molar-refractivity contribution in [2.75, 3.05) is 11.9 Å². The number of amides is 1. The van der Waals surface area contributed by atoms with Crippen LogP contribution < -0.4 is 10.0 Å². The van der Waals surface area contributed by atoms with E-state index in [1.54, 1.807) is 30.3 Å². The Bertz CT molecular complexity index is 1140. The number of aromatic amines is 1. The predicted octanol–water partition coefficient (Wildman–Crippen LogP) is 3.72. The van der Waals surface area contributed by atoms with Crippen molar-refractivity contribution in [1.82, 2.24) is 14.9 Å². The van der Waals surface area contributed by atoms with E-state index in [4.69, 9.17) is 0 Å². The van der Waals surface area contributed by atoms with Crippen molar-refractivity contribution in [1.29, 1.82) is 0 Å². The van der Waals surface area contributed by atoms with E-state index in [0.29, 0.717) is 30.0 Å². The maximum absolute atomic E-state index is 13.4. The van der Waals surface area contributed by atoms with Crippen LogP contribution in [0.15, 0.2) is 59.5 Å². The molecule has 3 aromatic rings. The summed E-state index contributed by atoms with van der Waals surface area (Å²) in [5, 5.41) is 9.50. The van der Waals surface area contributed by atoms with Gasteiger partial charge in [-0.3, -0.25) is 9.89 Å². The average Bonchev–Trinajstić information content (AvgIpc) is 3.20. The fourth-order valence-electron chi connectivity index (χ4n) is 2.85. The molecule has 31 heavy (non-hydrogen) atoms. The minimum Gasteiger partial charge on any atom is -0.309 e. The third-order valence-corrected chi connectivity index (χ3v) is 5.98. The van der Waals surface area contributed by atoms with Crippen molar-refractivity contribution in [2.24, 2.45) is 5.92 Å². The number of carbonyl (C=O) groups is 1. The molecule has 1 amide bonds. The Labute approximate surface area is 181 Å². The summed E-state index contributed by atoms with van der Waals surface area (Å²) in [5.41, 5.74) is 2.07. The summed E-state index contributed by atoms with van der Waals surface area (Å²) in [6.45, 7) is 4.24. The van der Waals surface area contributed by atoms with Crippen LogP contribution in [0.3, 0.4) is 0 Å². The zero-order valence-electron chi connectivity index (χ0n) is 17.4. The Kier molecular flexibility index (Phi) is 7.19. The number of sulfonamides is 1. The Morgan fingerprint density at radius 3 is 2.55 bits per heavy atom. The van der Waals surface area contributed by atoms with Gasteiger partial charge in [0, 0.05) is 24.6 Å². The molecule has 164 valence electrons. The fraction of sp³-hybridized carbons (Fsp3) is 0.273. The van der Waals surface area contributed by atoms with E-state index >= 15 is 0 Å². The van der Waals surface area contributed by atoms with Gasteiger partial charge in [-0.15, -0.1) is 0 Å². The molecular weight excluding hydrogens is 419 g/mol. The number of aromatic nitrogens is 2. The molecule has 3 N–H and O–H groups in total. The maximum Gasteiger partial charge on any atom is 0.240 e. The monoisotopic (exact) mass is 444 g/mol. The number of H-pyrrole nitrogens is 1. The third-order valence-electron chi connectivity index (χ3n) is 4.54. The maximum atomic E-state index is 13.4. The van der Waals surface area contributed by atoms with Gasteiger partial charge in [-0.05, 0) is 42.2 Å². The molecule has 1 heterocycles. The van der Waals surface area contributed by atoms with Gasteiger partial charge in [-0.1, -0.05) is 38.1 Å². The molecule has 0 atom stereocenters. The van der Waals surface area contributed by atoms with Crippen LogP contribution in [0.4, 0.5) is 10.2 Å². The lowest BCUT2D eigenvalue weighted by Crippen LogP contribution is -2.27. The Hall–Kier alpha value is -3.04. The molecule has 0 bridgehead atoms. The van der Waals surface area contributed by atoms with Gasteiger partial charge in [-0.25, -0.2) is 17.5 Å². The van der Waals surface area contributed by atoms with Crippen LogP contribution in [0.5, 0.6) is 0 Å². The first-order valence-corrected chi connectivity index (χ1v) is 11.4. The van der Waals surface area contributed by atoms with Crippen molar-refractivity contribution in [3.05, 3.63) is 66.0 Å². The highest BCUT2D eigenvalue weighted by Gasteiger charge is 2.14. The summed E-state index contributed by atoms with van der Waals surface area (Å²) in [6, 6.07) is 14.2. The number of rotatable bonds is 9. The molecule has 7 nitrogen and oxygen atoms in total. The second kappa shape index (κ2) is 9.84. The molecule has 0 radical (unpaired) electrons. The highest BCUT2D eigenvalue weighted by Crippen LogP contribution is 2.20. The number of hydrogen-bond donors (Lipinski definition) is 3. The number of aryl methyl sites for hydroxylation is 1. The van der Waals surface area contributed by atoms with Crippen LogP contribution in [-0.2, 0) is 21.2 Å². The summed E-state index contributed by atoms with van der Waals surface area (Å²) >= 11 is 0. The SMILES string of the molecule is CC(C)CNS(=O)(=O)c1ccc(CCC(=O)Nc2cc(-c3cccc(F)c3)[nH]n2)cc1. The summed E-state index contributed by atoms with van der Waals surface area (Å²) in [4.78, 5) is 12.4. The highest BCUT2D eigenvalue weighted by atomic mass is 32.2. The van der Waals surface area contributed by atoms with E-state index in [1.165, 1.54) is 24.3 Å². The van der Waals surface area contributed by atoms with Crippen molar-refractivity contribution >= 4 is 21.7 Å². The van der Waals surface area contributed by atoms with Gasteiger partial charge in [-0.2, -0.15) is 5.10 Å². The van der Waals surface area contributed by atoms with Crippen molar-refractivity contribution in [2.45, 2.75) is 31.6 Å². The Balaban J connectivity index is 1.53. The fourth-order valence-corrected chi connectivity index (χ4v) is 4.06. The molecule has 0 aliphatic heterocycles. The van der Waals surface area contributed by atoms with Gasteiger partial charge < -0.3 is 5.32 Å². The van der Waals surface area contributed by atoms with Crippen LogP contribution >= 0.6 is 0 Å². The largest absolute Gasteiger partial charge is 0.309 e. The van der Waals surface area contributed by atoms with Gasteiger partial charge in [0.05, 0.1) is 10.6 Å². The smallest absolute Gasteiger partial charge is 0.240 e. The van der Waals surface area contributed by atoms with Gasteiger partial charge >= 0.3 is 0 Å². The minimum absolute atomic E-state index is 0.197. The summed E-state index contributed by atoms with van der Waals surface area (Å²) in [7, 11) is -3.53. The molecule has 2 aromatic carbocycles. The van der Waals surface area contributed by atoms with E-state index in [1.807, 2.05) is 13.8 Å². The van der Waals surface area contributed by atoms with Crippen molar-refractivity contribution in [3.63, 3.8) is 0 Å². The van der Waals surface area contributed by atoms with Crippen LogP contribution in [-0.4, -0.2) is 31.1 Å². The normalized spacial score (nSPS) is 11.6. The Morgan fingerprint density at radius 2 is 1.87 bits per heavy atom. The summed E-state index contributed by atoms with van der Waals surface area (Å²) < 4.78 is 40.4. The first-order chi connectivity index (χ1) is 14.7. The number of halogens is 1. The van der Waals surface area contributed by atoms with Gasteiger partial charge in [0.1, 0.15) is 5.82 Å². The lowest BCUT2D eigenvalue weighted by atomic mass is 10.1. The predicted molar refractivity (Wildman–Crippen MR) is 117 cm³/mol. The molecule has 0 saturated carbocycles. The zero-order valence-corrected chi connectivity index (χ0v) is 18.2. The van der Waals surface area contributed by atoms with Gasteiger partial charge in [0.15, 0.2) is 5.82 Å². The third kappa shape index (κ3) is 6.47. The number of nitrogens with zero attached hydrogens (tertiary/aromatic N) is 1. The molecule has 0 saturated heterocycles. The molecule has 0 spiro atoms. The molecule has 3 rings (SSSR count). The first kappa shape index (κ1) is 22.6. The minimum atomic E-state index is -3.53. The first-order valence-electron chi connectivity index (χ1n) is 9.93. The van der Waals surface area contributed by atoms with Crippen LogP contribution in [0.1, 0.15) is 25.8 Å². The van der Waals surface area contributed by atoms with Crippen molar-refractivity contribution in [3.8, 4) is 11.3 Å². The molecule has 1 aromatic heterocycles. The number of hydrogen-bond acceptors (Lipinski definition) is 4. The molecule has 0 aliphatic carbocycles. The molecule has 0 fully saturated rings. The average molecular weight is 445 g/mol. The molecule has 9 heteroatoms. The molecule has 0 aliphatic rings. The van der Waals surface area contributed by atoms with E-state index in [2.05, 4.69) is 20.2 Å². The van der Waals surface area contributed by atoms with Gasteiger partial charge in [0.2, 0.25) is 15.9 Å². The second-order valence-electron chi connectivity index (χ2n) is 7.62. The van der Waals surface area contributed by atoms with E-state index < -0.39 is 10.0 Å².